The molecular weight excluding hydrogens is 409 g/mol. The van der Waals surface area contributed by atoms with Crippen molar-refractivity contribution in [3.63, 3.8) is 0 Å². The third-order valence-electron chi connectivity index (χ3n) is 4.33. The van der Waals surface area contributed by atoms with Crippen molar-refractivity contribution in [1.82, 2.24) is 9.88 Å². The SMILES string of the molecule is Cc1ccc(-c2nc(CC(=O)N3CCC(OCCCN)CC3)cs2)o1.Cl.Cl. The smallest absolute Gasteiger partial charge is 0.228 e. The van der Waals surface area contributed by atoms with Crippen molar-refractivity contribution < 1.29 is 13.9 Å². The maximum absolute atomic E-state index is 12.5. The molecule has 6 nitrogen and oxygen atoms in total. The van der Waals surface area contributed by atoms with Crippen LogP contribution in [0.3, 0.4) is 0 Å². The van der Waals surface area contributed by atoms with Gasteiger partial charge in [0.05, 0.1) is 18.2 Å². The van der Waals surface area contributed by atoms with Crippen molar-refractivity contribution in [2.75, 3.05) is 26.2 Å². The standard InChI is InChI=1S/C18H25N3O3S.2ClH/c1-13-3-4-16(24-13)18-20-14(12-25-18)11-17(22)21-8-5-15(6-9-21)23-10-2-7-19;;/h3-4,12,15H,2,5-11,19H2,1H3;2*1H. The van der Waals surface area contributed by atoms with Crippen molar-refractivity contribution in [2.45, 2.75) is 38.7 Å². The summed E-state index contributed by atoms with van der Waals surface area (Å²) in [5, 5.41) is 2.76. The summed E-state index contributed by atoms with van der Waals surface area (Å²) < 4.78 is 11.4. The molecule has 0 radical (unpaired) electrons. The molecule has 9 heteroatoms. The molecule has 1 fully saturated rings. The molecule has 0 aliphatic carbocycles. The summed E-state index contributed by atoms with van der Waals surface area (Å²) in [4.78, 5) is 18.9. The van der Waals surface area contributed by atoms with E-state index in [0.29, 0.717) is 19.6 Å². The molecule has 0 atom stereocenters. The number of rotatable bonds is 7. The van der Waals surface area contributed by atoms with E-state index in [4.69, 9.17) is 14.9 Å². The zero-order valence-electron chi connectivity index (χ0n) is 15.4. The number of amides is 1. The lowest BCUT2D eigenvalue weighted by Crippen LogP contribution is -2.41. The first-order chi connectivity index (χ1) is 12.2. The fourth-order valence-corrected chi connectivity index (χ4v) is 3.70. The molecular formula is C18H27Cl2N3O3S. The predicted octanol–water partition coefficient (Wildman–Crippen LogP) is 3.45. The van der Waals surface area contributed by atoms with Crippen molar-refractivity contribution in [3.8, 4) is 10.8 Å². The van der Waals surface area contributed by atoms with Gasteiger partial charge in [0.2, 0.25) is 5.91 Å². The highest BCUT2D eigenvalue weighted by atomic mass is 35.5. The number of likely N-dealkylation sites (tertiary alicyclic amines) is 1. The molecule has 1 saturated heterocycles. The van der Waals surface area contributed by atoms with Crippen LogP contribution in [0.2, 0.25) is 0 Å². The Morgan fingerprint density at radius 3 is 2.74 bits per heavy atom. The molecule has 0 bridgehead atoms. The molecule has 0 aromatic carbocycles. The maximum atomic E-state index is 12.5. The van der Waals surface area contributed by atoms with Crippen LogP contribution in [0.15, 0.2) is 21.9 Å². The zero-order chi connectivity index (χ0) is 17.6. The van der Waals surface area contributed by atoms with E-state index in [1.165, 1.54) is 11.3 Å². The van der Waals surface area contributed by atoms with Crippen LogP contribution in [0.25, 0.3) is 10.8 Å². The molecule has 1 amide bonds. The minimum Gasteiger partial charge on any atom is -0.459 e. The highest BCUT2D eigenvalue weighted by molar-refractivity contribution is 7.13. The summed E-state index contributed by atoms with van der Waals surface area (Å²) in [5.74, 6) is 1.75. The quantitative estimate of drug-likeness (QED) is 0.673. The highest BCUT2D eigenvalue weighted by Crippen LogP contribution is 2.26. The van der Waals surface area contributed by atoms with Crippen molar-refractivity contribution in [1.29, 1.82) is 0 Å². The number of nitrogens with zero attached hydrogens (tertiary/aromatic N) is 2. The fourth-order valence-electron chi connectivity index (χ4n) is 2.92. The number of furan rings is 1. The first-order valence-electron chi connectivity index (χ1n) is 8.76. The first-order valence-corrected chi connectivity index (χ1v) is 9.64. The molecule has 2 aromatic heterocycles. The number of aryl methyl sites for hydroxylation is 1. The summed E-state index contributed by atoms with van der Waals surface area (Å²) >= 11 is 1.51. The number of halogens is 2. The summed E-state index contributed by atoms with van der Waals surface area (Å²) in [6.45, 7) is 4.78. The first kappa shape index (κ1) is 23.9. The molecule has 0 unspecified atom stereocenters. The van der Waals surface area contributed by atoms with E-state index < -0.39 is 0 Å². The van der Waals surface area contributed by atoms with Gasteiger partial charge in [0, 0.05) is 25.1 Å². The Kier molecular flexibility index (Phi) is 10.3. The number of carbonyl (C=O) groups is 1. The number of hydrogen-bond donors (Lipinski definition) is 1. The zero-order valence-corrected chi connectivity index (χ0v) is 17.8. The summed E-state index contributed by atoms with van der Waals surface area (Å²) in [6, 6.07) is 3.83. The number of hydrogen-bond acceptors (Lipinski definition) is 6. The lowest BCUT2D eigenvalue weighted by Gasteiger charge is -2.32. The molecule has 152 valence electrons. The average molecular weight is 436 g/mol. The van der Waals surface area contributed by atoms with E-state index in [1.807, 2.05) is 29.3 Å². The van der Waals surface area contributed by atoms with Crippen LogP contribution in [-0.4, -0.2) is 48.1 Å². The normalized spacial score (nSPS) is 14.5. The Morgan fingerprint density at radius 2 is 2.11 bits per heavy atom. The lowest BCUT2D eigenvalue weighted by atomic mass is 10.1. The van der Waals surface area contributed by atoms with Crippen LogP contribution in [0.1, 0.15) is 30.7 Å². The van der Waals surface area contributed by atoms with E-state index in [9.17, 15) is 4.79 Å². The Hall–Kier alpha value is -1.12. The summed E-state index contributed by atoms with van der Waals surface area (Å²) in [5.41, 5.74) is 6.28. The van der Waals surface area contributed by atoms with E-state index >= 15 is 0 Å². The molecule has 3 rings (SSSR count). The molecule has 1 aliphatic heterocycles. The van der Waals surface area contributed by atoms with Gasteiger partial charge in [-0.3, -0.25) is 4.79 Å². The Labute approximate surface area is 176 Å². The van der Waals surface area contributed by atoms with Crippen LogP contribution in [0.4, 0.5) is 0 Å². The van der Waals surface area contributed by atoms with Crippen LogP contribution >= 0.6 is 36.2 Å². The van der Waals surface area contributed by atoms with Gasteiger partial charge in [-0.1, -0.05) is 0 Å². The van der Waals surface area contributed by atoms with Gasteiger partial charge in [-0.05, 0) is 44.9 Å². The predicted molar refractivity (Wildman–Crippen MR) is 112 cm³/mol. The Balaban J connectivity index is 0.00000182. The second kappa shape index (κ2) is 11.7. The number of nitrogens with two attached hydrogens (primary N) is 1. The third kappa shape index (κ3) is 6.76. The topological polar surface area (TPSA) is 81.6 Å². The molecule has 2 aromatic rings. The maximum Gasteiger partial charge on any atom is 0.228 e. The molecule has 0 spiro atoms. The van der Waals surface area contributed by atoms with Crippen LogP contribution in [0, 0.1) is 6.92 Å². The number of carbonyl (C=O) groups excluding carboxylic acids is 1. The summed E-state index contributed by atoms with van der Waals surface area (Å²) in [6.07, 6.45) is 3.27. The highest BCUT2D eigenvalue weighted by Gasteiger charge is 2.23. The number of piperidine rings is 1. The van der Waals surface area contributed by atoms with Gasteiger partial charge in [-0.2, -0.15) is 0 Å². The average Bonchev–Trinajstić information content (AvgIpc) is 3.24. The van der Waals surface area contributed by atoms with E-state index in [-0.39, 0.29) is 36.8 Å². The molecule has 1 aliphatic rings. The van der Waals surface area contributed by atoms with Gasteiger partial charge in [0.1, 0.15) is 5.76 Å². The van der Waals surface area contributed by atoms with Crippen molar-refractivity contribution >= 4 is 42.1 Å². The van der Waals surface area contributed by atoms with Crippen molar-refractivity contribution in [3.05, 3.63) is 29.0 Å². The van der Waals surface area contributed by atoms with Gasteiger partial charge in [-0.15, -0.1) is 36.2 Å². The number of thiazole rings is 1. The third-order valence-corrected chi connectivity index (χ3v) is 5.24. The van der Waals surface area contributed by atoms with Crippen molar-refractivity contribution in [2.24, 2.45) is 5.73 Å². The minimum absolute atomic E-state index is 0. The Morgan fingerprint density at radius 1 is 1.37 bits per heavy atom. The largest absolute Gasteiger partial charge is 0.459 e. The summed E-state index contributed by atoms with van der Waals surface area (Å²) in [7, 11) is 0. The molecule has 2 N–H and O–H groups in total. The van der Waals surface area contributed by atoms with E-state index in [2.05, 4.69) is 4.98 Å². The molecule has 0 saturated carbocycles. The van der Waals surface area contributed by atoms with Crippen LogP contribution < -0.4 is 5.73 Å². The monoisotopic (exact) mass is 435 g/mol. The van der Waals surface area contributed by atoms with E-state index in [1.54, 1.807) is 0 Å². The second-order valence-electron chi connectivity index (χ2n) is 6.32. The molecule has 3 heterocycles. The molecule has 27 heavy (non-hydrogen) atoms. The van der Waals surface area contributed by atoms with Gasteiger partial charge in [0.15, 0.2) is 10.8 Å². The number of aromatic nitrogens is 1. The van der Waals surface area contributed by atoms with Crippen LogP contribution in [0.5, 0.6) is 0 Å². The van der Waals surface area contributed by atoms with Gasteiger partial charge >= 0.3 is 0 Å². The number of ether oxygens (including phenoxy) is 1. The Bertz CT molecular complexity index is 700. The van der Waals surface area contributed by atoms with Gasteiger partial charge in [-0.25, -0.2) is 4.98 Å². The van der Waals surface area contributed by atoms with Gasteiger partial charge < -0.3 is 19.8 Å². The van der Waals surface area contributed by atoms with Crippen LogP contribution in [-0.2, 0) is 16.0 Å². The minimum atomic E-state index is 0. The fraction of sp³-hybridized carbons (Fsp3) is 0.556. The second-order valence-corrected chi connectivity index (χ2v) is 7.18. The van der Waals surface area contributed by atoms with E-state index in [0.717, 1.165) is 54.6 Å². The van der Waals surface area contributed by atoms with Gasteiger partial charge in [0.25, 0.3) is 0 Å². The lowest BCUT2D eigenvalue weighted by molar-refractivity contribution is -0.133.